The molecular weight excluding hydrogens is 776 g/mol. The maximum absolute atomic E-state index is 14.8. The normalized spacial score (nSPS) is 38.5. The molecule has 14 nitrogen and oxygen atoms in total. The van der Waals surface area contributed by atoms with Crippen molar-refractivity contribution in [1.82, 2.24) is 20.0 Å². The maximum atomic E-state index is 14.8. The number of rotatable bonds is 11. The number of hydrogen-bond acceptors (Lipinski definition) is 13. The Labute approximate surface area is 356 Å². The number of amides is 1. The molecule has 4 aliphatic heterocycles. The fourth-order valence-corrected chi connectivity index (χ4v) is 10.2. The number of benzene rings is 1. The number of methoxy groups -OCH3 is 1. The van der Waals surface area contributed by atoms with Gasteiger partial charge in [0.1, 0.15) is 29.2 Å². The maximum Gasteiger partial charge on any atom is 0.410 e. The molecule has 15 heteroatoms. The summed E-state index contributed by atoms with van der Waals surface area (Å²) in [6.07, 6.45) is -2.80. The summed E-state index contributed by atoms with van der Waals surface area (Å²) in [7, 11) is 5.24. The lowest BCUT2D eigenvalue weighted by Crippen LogP contribution is -2.61. The molecule has 1 amide bonds. The molecule has 4 fully saturated rings. The van der Waals surface area contributed by atoms with E-state index in [4.69, 9.17) is 23.7 Å². The van der Waals surface area contributed by atoms with Gasteiger partial charge >= 0.3 is 12.1 Å². The van der Waals surface area contributed by atoms with Crippen molar-refractivity contribution in [3.8, 4) is 0 Å². The Kier molecular flexibility index (Phi) is 15.3. The summed E-state index contributed by atoms with van der Waals surface area (Å²) in [5.41, 5.74) is -3.37. The number of ether oxygens (including phenoxy) is 5. The first-order valence-corrected chi connectivity index (χ1v) is 21.8. The molecule has 1 aromatic carbocycles. The van der Waals surface area contributed by atoms with E-state index in [1.807, 2.05) is 39.8 Å². The summed E-state index contributed by atoms with van der Waals surface area (Å²) >= 11 is 0. The van der Waals surface area contributed by atoms with Gasteiger partial charge in [0.2, 0.25) is 0 Å². The minimum absolute atomic E-state index is 0.0868. The van der Waals surface area contributed by atoms with Gasteiger partial charge in [0.25, 0.3) is 0 Å². The Hall–Kier alpha value is -3.05. The number of aliphatic hydroxyl groups excluding tert-OH is 1. The second-order valence-electron chi connectivity index (χ2n) is 19.0. The van der Waals surface area contributed by atoms with Crippen LogP contribution in [0, 0.1) is 29.0 Å². The standard InChI is InChI=1S/C45H71FN4O10/c1-13-34-45(9)37(50(42(55)60-45)21-15-14-20-49-24-32(47-25-49)30-16-18-31(46)19-17-30)28(4)35(51)26(2)23-44(8,56-12)39(29(5)38(53)43(6,7)41(54)58-34)59-40-36(52)33(48(10)11)22-27(3)57-40/h16-19,26-29,32-34,36-37,39-40,47,52H,13-15,20-25H2,1-12H3/t26-,27-,28+,29+,32?,33+,34-,36-,37-,39-,40+,44-,45-/m1/s1. The largest absolute Gasteiger partial charge is 0.457 e. The number of hydrogen-bond donors (Lipinski definition) is 2. The number of cyclic esters (lactones) is 1. The smallest absolute Gasteiger partial charge is 0.410 e. The van der Waals surface area contributed by atoms with Crippen LogP contribution in [0.1, 0.15) is 106 Å². The lowest BCUT2D eigenvalue weighted by atomic mass is 9.71. The highest BCUT2D eigenvalue weighted by Crippen LogP contribution is 2.44. The monoisotopic (exact) mass is 847 g/mol. The zero-order chi connectivity index (χ0) is 44.5. The van der Waals surface area contributed by atoms with Crippen molar-refractivity contribution < 1.29 is 52.4 Å². The van der Waals surface area contributed by atoms with E-state index in [1.54, 1.807) is 44.7 Å². The number of esters is 1. The van der Waals surface area contributed by atoms with E-state index in [0.717, 1.165) is 25.1 Å². The first kappa shape index (κ1) is 48.0. The van der Waals surface area contributed by atoms with Crippen LogP contribution < -0.4 is 5.32 Å². The highest BCUT2D eigenvalue weighted by atomic mass is 19.1. The third-order valence-electron chi connectivity index (χ3n) is 13.9. The molecule has 1 aromatic rings. The van der Waals surface area contributed by atoms with Crippen molar-refractivity contribution in [2.24, 2.45) is 23.2 Å². The number of ketones is 2. The van der Waals surface area contributed by atoms with Gasteiger partial charge < -0.3 is 38.6 Å². The second kappa shape index (κ2) is 19.1. The average molecular weight is 847 g/mol. The van der Waals surface area contributed by atoms with Crippen molar-refractivity contribution in [3.63, 3.8) is 0 Å². The minimum Gasteiger partial charge on any atom is -0.457 e. The molecule has 0 aromatic heterocycles. The number of likely N-dealkylation sites (N-methyl/N-ethyl adjacent to an activating group) is 1. The number of nitrogens with one attached hydrogen (secondary N) is 1. The average Bonchev–Trinajstić information content (AvgIpc) is 3.78. The van der Waals surface area contributed by atoms with Crippen molar-refractivity contribution in [2.75, 3.05) is 47.5 Å². The molecular formula is C45H71FN4O10. The molecule has 0 bridgehead atoms. The second-order valence-corrected chi connectivity index (χ2v) is 19.0. The van der Waals surface area contributed by atoms with E-state index in [2.05, 4.69) is 10.2 Å². The minimum atomic E-state index is -1.68. The van der Waals surface area contributed by atoms with Crippen molar-refractivity contribution in [3.05, 3.63) is 35.6 Å². The fraction of sp³-hybridized carbons (Fsp3) is 0.778. The molecule has 4 saturated heterocycles. The first-order valence-electron chi connectivity index (χ1n) is 21.8. The molecule has 0 spiro atoms. The number of Topliss-reactive ketones (excluding diaryl/α,β-unsaturated/α-hetero) is 2. The molecule has 1 unspecified atom stereocenters. The molecule has 4 heterocycles. The topological polar surface area (TPSA) is 156 Å². The van der Waals surface area contributed by atoms with Crippen LogP contribution in [-0.4, -0.2) is 145 Å². The fourth-order valence-electron chi connectivity index (χ4n) is 10.2. The highest BCUT2D eigenvalue weighted by molar-refractivity contribution is 6.04. The van der Waals surface area contributed by atoms with Crippen LogP contribution in [0.25, 0.3) is 0 Å². The summed E-state index contributed by atoms with van der Waals surface area (Å²) in [5.74, 6) is -4.10. The molecule has 4 aliphatic rings. The van der Waals surface area contributed by atoms with E-state index >= 15 is 0 Å². The third kappa shape index (κ3) is 9.77. The Morgan fingerprint density at radius 2 is 1.63 bits per heavy atom. The SMILES string of the molecule is CC[C@H]1OC(=O)C(C)(C)C(=O)[C@H](C)[C@@H](O[C@@H]2O[C@H](C)C[C@H](N(C)C)[C@H]2O)[C@](C)(OC)C[C@@H](C)C(=O)[C@H](C)[C@H]2N(CCCCN3CNC(c4ccc(F)cc4)C3)C(=O)O[C@]12C. The Morgan fingerprint density at radius 3 is 2.25 bits per heavy atom. The van der Waals surface area contributed by atoms with Crippen molar-refractivity contribution in [2.45, 2.75) is 154 Å². The summed E-state index contributed by atoms with van der Waals surface area (Å²) in [6.45, 7) is 18.0. The van der Waals surface area contributed by atoms with E-state index < -0.39 is 82.9 Å². The number of carbonyl (C=O) groups is 4. The highest BCUT2D eigenvalue weighted by Gasteiger charge is 2.61. The van der Waals surface area contributed by atoms with Gasteiger partial charge in [-0.25, -0.2) is 9.18 Å². The molecule has 0 aliphatic carbocycles. The molecule has 5 rings (SSSR count). The predicted octanol–water partition coefficient (Wildman–Crippen LogP) is 5.10. The number of halogens is 1. The Balaban J connectivity index is 1.42. The van der Waals surface area contributed by atoms with Gasteiger partial charge in [0, 0.05) is 56.7 Å². The summed E-state index contributed by atoms with van der Waals surface area (Å²) < 4.78 is 45.0. The summed E-state index contributed by atoms with van der Waals surface area (Å²) in [5, 5.41) is 15.0. The van der Waals surface area contributed by atoms with E-state index in [9.17, 15) is 28.7 Å². The molecule has 338 valence electrons. The van der Waals surface area contributed by atoms with Crippen LogP contribution >= 0.6 is 0 Å². The number of carbonyl (C=O) groups excluding carboxylic acids is 4. The van der Waals surface area contributed by atoms with Crippen LogP contribution in [0.2, 0.25) is 0 Å². The van der Waals surface area contributed by atoms with Crippen molar-refractivity contribution in [1.29, 1.82) is 0 Å². The molecule has 2 N–H and O–H groups in total. The lowest BCUT2D eigenvalue weighted by Gasteiger charge is -2.47. The lowest BCUT2D eigenvalue weighted by molar-refractivity contribution is -0.295. The number of aliphatic hydroxyl groups is 1. The molecule has 0 radical (unpaired) electrons. The van der Waals surface area contributed by atoms with E-state index in [1.165, 1.54) is 33.1 Å². The quantitative estimate of drug-likeness (QED) is 0.173. The Morgan fingerprint density at radius 1 is 0.983 bits per heavy atom. The van der Waals surface area contributed by atoms with Gasteiger partial charge in [-0.3, -0.25) is 24.6 Å². The summed E-state index contributed by atoms with van der Waals surface area (Å²) in [6, 6.07) is 5.52. The van der Waals surface area contributed by atoms with Gasteiger partial charge in [0.15, 0.2) is 17.7 Å². The van der Waals surface area contributed by atoms with Gasteiger partial charge in [-0.15, -0.1) is 0 Å². The number of nitrogens with zero attached hydrogens (tertiary/aromatic N) is 3. The predicted molar refractivity (Wildman–Crippen MR) is 222 cm³/mol. The van der Waals surface area contributed by atoms with Gasteiger partial charge in [-0.1, -0.05) is 39.8 Å². The zero-order valence-corrected chi connectivity index (χ0v) is 37.9. The van der Waals surface area contributed by atoms with Crippen LogP contribution in [-0.2, 0) is 38.1 Å². The number of fused-ring (bicyclic) bond motifs is 1. The van der Waals surface area contributed by atoms with Crippen LogP contribution in [0.5, 0.6) is 0 Å². The van der Waals surface area contributed by atoms with Gasteiger partial charge in [-0.2, -0.15) is 0 Å². The Bertz CT molecular complexity index is 1680. The number of unbranched alkanes of at least 4 members (excludes halogenated alkanes) is 1. The van der Waals surface area contributed by atoms with Gasteiger partial charge in [-0.05, 0) is 105 Å². The van der Waals surface area contributed by atoms with E-state index in [-0.39, 0.29) is 42.6 Å². The van der Waals surface area contributed by atoms with E-state index in [0.29, 0.717) is 26.1 Å². The van der Waals surface area contributed by atoms with Crippen LogP contribution in [0.3, 0.4) is 0 Å². The first-order chi connectivity index (χ1) is 28.1. The zero-order valence-electron chi connectivity index (χ0n) is 37.9. The van der Waals surface area contributed by atoms with Crippen LogP contribution in [0.15, 0.2) is 24.3 Å². The van der Waals surface area contributed by atoms with Gasteiger partial charge in [0.05, 0.1) is 23.9 Å². The van der Waals surface area contributed by atoms with Crippen molar-refractivity contribution >= 4 is 23.6 Å². The third-order valence-corrected chi connectivity index (χ3v) is 13.9. The molecule has 60 heavy (non-hydrogen) atoms. The molecule has 13 atom stereocenters. The molecule has 0 saturated carbocycles. The summed E-state index contributed by atoms with van der Waals surface area (Å²) in [4.78, 5) is 63.5. The van der Waals surface area contributed by atoms with Crippen LogP contribution in [0.4, 0.5) is 9.18 Å².